The van der Waals surface area contributed by atoms with Crippen LogP contribution in [0.25, 0.3) is 0 Å². The number of amides is 2. The zero-order valence-electron chi connectivity index (χ0n) is 18.2. The molecule has 3 atom stereocenters. The third-order valence-corrected chi connectivity index (χ3v) is 6.32. The molecule has 174 valence electrons. The first kappa shape index (κ1) is 23.1. The summed E-state index contributed by atoms with van der Waals surface area (Å²) in [6.07, 6.45) is 1.66. The van der Waals surface area contributed by atoms with Gasteiger partial charge in [0.05, 0.1) is 6.04 Å². The summed E-state index contributed by atoms with van der Waals surface area (Å²) in [5, 5.41) is 12.9. The standard InChI is InChI=1S/C24H28FN5O2S/c25-17-8-6-16(7-9-17)13-26-22(31)11-10-20-14-27-23(32)21-12-19(15-30(20)21)29-24(33)28-18-4-2-1-3-5-18/h1-9,19-21H,10-15H2,(H,26,31)(H,27,32)(H2,28,29,33)/t19-,20-,21+/m1/s1. The van der Waals surface area contributed by atoms with Gasteiger partial charge in [0, 0.05) is 43.8 Å². The zero-order valence-corrected chi connectivity index (χ0v) is 19.0. The van der Waals surface area contributed by atoms with Crippen molar-refractivity contribution in [1.29, 1.82) is 0 Å². The van der Waals surface area contributed by atoms with Crippen LogP contribution in [-0.2, 0) is 16.1 Å². The van der Waals surface area contributed by atoms with E-state index in [2.05, 4.69) is 26.2 Å². The fourth-order valence-electron chi connectivity index (χ4n) is 4.41. The summed E-state index contributed by atoms with van der Waals surface area (Å²) in [5.41, 5.74) is 1.76. The normalized spacial score (nSPS) is 22.2. The first-order valence-corrected chi connectivity index (χ1v) is 11.6. The molecular formula is C24H28FN5O2S. The van der Waals surface area contributed by atoms with Crippen LogP contribution >= 0.6 is 12.2 Å². The molecule has 4 N–H and O–H groups in total. The van der Waals surface area contributed by atoms with Gasteiger partial charge < -0.3 is 21.3 Å². The maximum atomic E-state index is 13.0. The Hall–Kier alpha value is -3.04. The van der Waals surface area contributed by atoms with Gasteiger partial charge in [0.1, 0.15) is 5.82 Å². The number of halogens is 1. The van der Waals surface area contributed by atoms with E-state index in [4.69, 9.17) is 12.2 Å². The van der Waals surface area contributed by atoms with Gasteiger partial charge in [0.25, 0.3) is 0 Å². The maximum absolute atomic E-state index is 13.0. The van der Waals surface area contributed by atoms with Crippen molar-refractivity contribution in [2.45, 2.75) is 43.9 Å². The van der Waals surface area contributed by atoms with Gasteiger partial charge in [-0.2, -0.15) is 0 Å². The van der Waals surface area contributed by atoms with Crippen molar-refractivity contribution in [3.05, 3.63) is 66.0 Å². The van der Waals surface area contributed by atoms with Crippen molar-refractivity contribution in [3.8, 4) is 0 Å². The quantitative estimate of drug-likeness (QED) is 0.465. The second-order valence-electron chi connectivity index (χ2n) is 8.45. The number of hydrogen-bond acceptors (Lipinski definition) is 4. The SMILES string of the molecule is O=C(CC[C@@H]1CNC(=O)[C@@H]2C[C@@H](NC(=S)Nc3ccccc3)CN12)NCc1ccc(F)cc1. The molecule has 2 fully saturated rings. The van der Waals surface area contributed by atoms with Gasteiger partial charge in [-0.05, 0) is 54.9 Å². The number of nitrogens with one attached hydrogen (secondary N) is 4. The monoisotopic (exact) mass is 469 g/mol. The number of carbonyl (C=O) groups excluding carboxylic acids is 2. The molecule has 0 bridgehead atoms. The van der Waals surface area contributed by atoms with Crippen LogP contribution in [0.1, 0.15) is 24.8 Å². The topological polar surface area (TPSA) is 85.5 Å². The molecule has 2 saturated heterocycles. The fourth-order valence-corrected chi connectivity index (χ4v) is 4.70. The average molecular weight is 470 g/mol. The molecule has 2 heterocycles. The molecule has 0 radical (unpaired) electrons. The minimum absolute atomic E-state index is 0.0262. The second-order valence-corrected chi connectivity index (χ2v) is 8.86. The van der Waals surface area contributed by atoms with Crippen molar-refractivity contribution >= 4 is 34.8 Å². The number of piperazine rings is 1. The number of hydrogen-bond donors (Lipinski definition) is 4. The van der Waals surface area contributed by atoms with E-state index in [0.29, 0.717) is 44.0 Å². The van der Waals surface area contributed by atoms with Crippen LogP contribution in [-0.4, -0.2) is 53.0 Å². The van der Waals surface area contributed by atoms with Gasteiger partial charge in [-0.1, -0.05) is 30.3 Å². The molecule has 2 aromatic rings. The molecule has 7 nitrogen and oxygen atoms in total. The minimum atomic E-state index is -0.297. The van der Waals surface area contributed by atoms with Gasteiger partial charge in [-0.25, -0.2) is 4.39 Å². The summed E-state index contributed by atoms with van der Waals surface area (Å²) < 4.78 is 13.0. The molecule has 0 aromatic heterocycles. The summed E-state index contributed by atoms with van der Waals surface area (Å²) in [6.45, 7) is 1.58. The van der Waals surface area contributed by atoms with E-state index < -0.39 is 0 Å². The lowest BCUT2D eigenvalue weighted by molar-refractivity contribution is -0.129. The fraction of sp³-hybridized carbons (Fsp3) is 0.375. The highest BCUT2D eigenvalue weighted by Crippen LogP contribution is 2.26. The van der Waals surface area contributed by atoms with Crippen molar-refractivity contribution in [3.63, 3.8) is 0 Å². The summed E-state index contributed by atoms with van der Waals surface area (Å²) in [5.74, 6) is -0.331. The Kier molecular flexibility index (Phi) is 7.51. The maximum Gasteiger partial charge on any atom is 0.237 e. The summed E-state index contributed by atoms with van der Waals surface area (Å²) in [4.78, 5) is 27.0. The molecule has 0 saturated carbocycles. The first-order valence-electron chi connectivity index (χ1n) is 11.1. The third kappa shape index (κ3) is 6.27. The van der Waals surface area contributed by atoms with E-state index in [-0.39, 0.29) is 35.8 Å². The smallest absolute Gasteiger partial charge is 0.237 e. The predicted molar refractivity (Wildman–Crippen MR) is 129 cm³/mol. The van der Waals surface area contributed by atoms with Gasteiger partial charge in [-0.15, -0.1) is 0 Å². The number of nitrogens with zero attached hydrogens (tertiary/aromatic N) is 1. The van der Waals surface area contributed by atoms with Crippen LogP contribution < -0.4 is 21.3 Å². The van der Waals surface area contributed by atoms with Crippen LogP contribution in [0.2, 0.25) is 0 Å². The van der Waals surface area contributed by atoms with Crippen molar-refractivity contribution in [1.82, 2.24) is 20.9 Å². The third-order valence-electron chi connectivity index (χ3n) is 6.10. The molecule has 0 spiro atoms. The Morgan fingerprint density at radius 2 is 1.91 bits per heavy atom. The second kappa shape index (κ2) is 10.7. The van der Waals surface area contributed by atoms with Gasteiger partial charge in [0.2, 0.25) is 11.8 Å². The number of thiocarbonyl (C=S) groups is 1. The molecule has 2 amide bonds. The Bertz CT molecular complexity index is 988. The number of carbonyl (C=O) groups is 2. The van der Waals surface area contributed by atoms with E-state index >= 15 is 0 Å². The Morgan fingerprint density at radius 1 is 1.15 bits per heavy atom. The molecular weight excluding hydrogens is 441 g/mol. The predicted octanol–water partition coefficient (Wildman–Crippen LogP) is 2.15. The number of fused-ring (bicyclic) bond motifs is 1. The Balaban J connectivity index is 1.25. The van der Waals surface area contributed by atoms with Crippen LogP contribution in [0.4, 0.5) is 10.1 Å². The van der Waals surface area contributed by atoms with E-state index in [1.807, 2.05) is 30.3 Å². The van der Waals surface area contributed by atoms with Gasteiger partial charge in [0.15, 0.2) is 5.11 Å². The number of anilines is 1. The largest absolute Gasteiger partial charge is 0.358 e. The number of benzene rings is 2. The Labute approximate surface area is 198 Å². The average Bonchev–Trinajstić information content (AvgIpc) is 3.23. The van der Waals surface area contributed by atoms with Crippen LogP contribution in [0.3, 0.4) is 0 Å². The van der Waals surface area contributed by atoms with Crippen molar-refractivity contribution in [2.75, 3.05) is 18.4 Å². The van der Waals surface area contributed by atoms with Crippen LogP contribution in [0, 0.1) is 5.82 Å². The summed E-state index contributed by atoms with van der Waals surface area (Å²) in [7, 11) is 0. The van der Waals surface area contributed by atoms with Gasteiger partial charge >= 0.3 is 0 Å². The lowest BCUT2D eigenvalue weighted by Gasteiger charge is -2.37. The van der Waals surface area contributed by atoms with E-state index in [1.165, 1.54) is 12.1 Å². The lowest BCUT2D eigenvalue weighted by atomic mass is 10.0. The molecule has 33 heavy (non-hydrogen) atoms. The van der Waals surface area contributed by atoms with E-state index in [0.717, 1.165) is 11.3 Å². The minimum Gasteiger partial charge on any atom is -0.358 e. The number of rotatable bonds is 7. The van der Waals surface area contributed by atoms with Crippen molar-refractivity contribution < 1.29 is 14.0 Å². The van der Waals surface area contributed by atoms with Gasteiger partial charge in [-0.3, -0.25) is 14.5 Å². The van der Waals surface area contributed by atoms with Crippen molar-refractivity contribution in [2.24, 2.45) is 0 Å². The molecule has 2 aromatic carbocycles. The lowest BCUT2D eigenvalue weighted by Crippen LogP contribution is -2.58. The van der Waals surface area contributed by atoms with Crippen LogP contribution in [0.5, 0.6) is 0 Å². The highest BCUT2D eigenvalue weighted by Gasteiger charge is 2.43. The van der Waals surface area contributed by atoms with E-state index in [1.54, 1.807) is 12.1 Å². The molecule has 0 aliphatic carbocycles. The number of para-hydroxylation sites is 1. The van der Waals surface area contributed by atoms with E-state index in [9.17, 15) is 14.0 Å². The molecule has 4 rings (SSSR count). The highest BCUT2D eigenvalue weighted by molar-refractivity contribution is 7.80. The molecule has 9 heteroatoms. The molecule has 2 aliphatic heterocycles. The Morgan fingerprint density at radius 3 is 2.67 bits per heavy atom. The van der Waals surface area contributed by atoms with Crippen LogP contribution in [0.15, 0.2) is 54.6 Å². The molecule has 0 unspecified atom stereocenters. The first-order chi connectivity index (χ1) is 16.0. The summed E-state index contributed by atoms with van der Waals surface area (Å²) >= 11 is 5.44. The zero-order chi connectivity index (χ0) is 23.2. The highest BCUT2D eigenvalue weighted by atomic mass is 32.1. The molecule has 2 aliphatic rings. The summed E-state index contributed by atoms with van der Waals surface area (Å²) in [6, 6.07) is 15.7.